The predicted octanol–water partition coefficient (Wildman–Crippen LogP) is 2.39. The number of benzene rings is 1. The van der Waals surface area contributed by atoms with Gasteiger partial charge in [0.05, 0.1) is 14.2 Å². The number of ether oxygens (including phenoxy) is 2. The lowest BCUT2D eigenvalue weighted by atomic mass is 9.65. The standard InChI is InChI=1S/C20H26O6/c1-25-18-6-11(3-4-16(18)23)20-14-8-17(24)19(26-2)7-12(14)5-13(9-21)15(20)10-22/h6-8,13,15,20-24H,3-5,9-10H2,1-2H3/t13-,15-,20-/m0/s1. The van der Waals surface area contributed by atoms with Crippen LogP contribution in [0.25, 0.3) is 0 Å². The first-order valence-electron chi connectivity index (χ1n) is 8.82. The number of fused-ring (bicyclic) bond motifs is 1. The summed E-state index contributed by atoms with van der Waals surface area (Å²) in [5, 5.41) is 40.2. The number of hydrogen-bond acceptors (Lipinski definition) is 6. The van der Waals surface area contributed by atoms with E-state index in [9.17, 15) is 20.4 Å². The van der Waals surface area contributed by atoms with Crippen molar-refractivity contribution in [1.29, 1.82) is 0 Å². The third-order valence-electron chi connectivity index (χ3n) is 5.61. The molecule has 3 atom stereocenters. The zero-order valence-electron chi connectivity index (χ0n) is 15.1. The molecule has 0 saturated carbocycles. The van der Waals surface area contributed by atoms with E-state index in [2.05, 4.69) is 0 Å². The van der Waals surface area contributed by atoms with Gasteiger partial charge in [0.15, 0.2) is 17.3 Å². The molecule has 0 spiro atoms. The summed E-state index contributed by atoms with van der Waals surface area (Å²) in [5.41, 5.74) is 2.94. The molecule has 1 aromatic carbocycles. The molecule has 0 radical (unpaired) electrons. The second-order valence-electron chi connectivity index (χ2n) is 6.93. The van der Waals surface area contributed by atoms with E-state index >= 15 is 0 Å². The maximum Gasteiger partial charge on any atom is 0.160 e. The monoisotopic (exact) mass is 362 g/mol. The van der Waals surface area contributed by atoms with Gasteiger partial charge in [0.2, 0.25) is 0 Å². The zero-order valence-corrected chi connectivity index (χ0v) is 15.1. The fourth-order valence-electron chi connectivity index (χ4n) is 4.25. The Kier molecular flexibility index (Phi) is 5.44. The summed E-state index contributed by atoms with van der Waals surface area (Å²) >= 11 is 0. The summed E-state index contributed by atoms with van der Waals surface area (Å²) in [6.07, 6.45) is 3.52. The Morgan fingerprint density at radius 3 is 2.42 bits per heavy atom. The number of rotatable bonds is 5. The number of aliphatic hydroxyl groups excluding tert-OH is 3. The van der Waals surface area contributed by atoms with Gasteiger partial charge in [0.25, 0.3) is 0 Å². The minimum absolute atomic E-state index is 0.0319. The molecular formula is C20H26O6. The second-order valence-corrected chi connectivity index (χ2v) is 6.93. The number of phenolic OH excluding ortho intramolecular Hbond substituents is 1. The van der Waals surface area contributed by atoms with Crippen LogP contribution in [0.2, 0.25) is 0 Å². The lowest BCUT2D eigenvalue weighted by Gasteiger charge is -2.40. The van der Waals surface area contributed by atoms with Gasteiger partial charge in [-0.2, -0.15) is 0 Å². The quantitative estimate of drug-likeness (QED) is 0.642. The molecule has 6 heteroatoms. The normalized spacial score (nSPS) is 25.5. The SMILES string of the molecule is COC1=C(O)CCC([C@H]2c3cc(O)c(OC)cc3C[C@@H](CO)[C@@H]2CO)=C1. The third-order valence-corrected chi connectivity index (χ3v) is 5.61. The van der Waals surface area contributed by atoms with Gasteiger partial charge in [-0.3, -0.25) is 0 Å². The average Bonchev–Trinajstić information content (AvgIpc) is 2.66. The van der Waals surface area contributed by atoms with E-state index in [-0.39, 0.29) is 42.5 Å². The van der Waals surface area contributed by atoms with Gasteiger partial charge in [0.1, 0.15) is 5.76 Å². The topological polar surface area (TPSA) is 99.4 Å². The fraction of sp³-hybridized carbons (Fsp3) is 0.500. The smallest absolute Gasteiger partial charge is 0.160 e. The van der Waals surface area contributed by atoms with Crippen LogP contribution >= 0.6 is 0 Å². The van der Waals surface area contributed by atoms with E-state index in [1.165, 1.54) is 14.2 Å². The molecule has 6 nitrogen and oxygen atoms in total. The molecule has 0 heterocycles. The molecule has 0 aliphatic heterocycles. The number of aliphatic hydroxyl groups is 3. The van der Waals surface area contributed by atoms with Crippen LogP contribution in [0.3, 0.4) is 0 Å². The zero-order chi connectivity index (χ0) is 18.8. The molecule has 0 fully saturated rings. The number of hydrogen-bond donors (Lipinski definition) is 4. The summed E-state index contributed by atoms with van der Waals surface area (Å²) in [6, 6.07) is 3.50. The van der Waals surface area contributed by atoms with Gasteiger partial charge >= 0.3 is 0 Å². The summed E-state index contributed by atoms with van der Waals surface area (Å²) in [5.74, 6) is 0.642. The minimum atomic E-state index is -0.176. The number of methoxy groups -OCH3 is 2. The fourth-order valence-corrected chi connectivity index (χ4v) is 4.25. The van der Waals surface area contributed by atoms with Crippen LogP contribution in [0.4, 0.5) is 0 Å². The van der Waals surface area contributed by atoms with E-state index in [0.717, 1.165) is 16.7 Å². The molecule has 2 aliphatic rings. The molecule has 4 N–H and O–H groups in total. The molecule has 0 amide bonds. The Morgan fingerprint density at radius 2 is 1.81 bits per heavy atom. The van der Waals surface area contributed by atoms with Crippen molar-refractivity contribution in [1.82, 2.24) is 0 Å². The largest absolute Gasteiger partial charge is 0.508 e. The second kappa shape index (κ2) is 7.60. The Bertz CT molecular complexity index is 736. The van der Waals surface area contributed by atoms with Crippen LogP contribution in [0.1, 0.15) is 29.9 Å². The van der Waals surface area contributed by atoms with Gasteiger partial charge < -0.3 is 29.9 Å². The number of allylic oxidation sites excluding steroid dienone is 3. The van der Waals surface area contributed by atoms with Gasteiger partial charge in [-0.15, -0.1) is 0 Å². The summed E-state index contributed by atoms with van der Waals surface area (Å²) in [4.78, 5) is 0. The third kappa shape index (κ3) is 3.15. The Hall–Kier alpha value is -2.18. The van der Waals surface area contributed by atoms with Crippen LogP contribution < -0.4 is 4.74 Å². The van der Waals surface area contributed by atoms with Crippen LogP contribution in [0.15, 0.2) is 35.3 Å². The molecule has 0 aromatic heterocycles. The van der Waals surface area contributed by atoms with Gasteiger partial charge in [0, 0.05) is 25.6 Å². The van der Waals surface area contributed by atoms with Crippen molar-refractivity contribution < 1.29 is 29.9 Å². The summed E-state index contributed by atoms with van der Waals surface area (Å²) < 4.78 is 10.5. The maximum atomic E-state index is 10.3. The highest BCUT2D eigenvalue weighted by Crippen LogP contribution is 2.48. The van der Waals surface area contributed by atoms with Gasteiger partial charge in [-0.25, -0.2) is 0 Å². The van der Waals surface area contributed by atoms with Gasteiger partial charge in [-0.1, -0.05) is 5.57 Å². The molecule has 26 heavy (non-hydrogen) atoms. The molecule has 0 bridgehead atoms. The Morgan fingerprint density at radius 1 is 1.04 bits per heavy atom. The maximum absolute atomic E-state index is 10.3. The highest BCUT2D eigenvalue weighted by molar-refractivity contribution is 5.52. The van der Waals surface area contributed by atoms with Gasteiger partial charge in [-0.05, 0) is 54.0 Å². The first-order valence-corrected chi connectivity index (χ1v) is 8.82. The van der Waals surface area contributed by atoms with Crippen molar-refractivity contribution in [2.75, 3.05) is 27.4 Å². The summed E-state index contributed by atoms with van der Waals surface area (Å²) in [7, 11) is 3.01. The van der Waals surface area contributed by atoms with Crippen molar-refractivity contribution in [3.63, 3.8) is 0 Å². The van der Waals surface area contributed by atoms with E-state index in [1.807, 2.05) is 12.1 Å². The minimum Gasteiger partial charge on any atom is -0.508 e. The molecule has 0 unspecified atom stereocenters. The number of aromatic hydroxyl groups is 1. The molecule has 0 saturated heterocycles. The molecule has 2 aliphatic carbocycles. The van der Waals surface area contributed by atoms with Crippen LogP contribution in [0.5, 0.6) is 11.5 Å². The van der Waals surface area contributed by atoms with Crippen molar-refractivity contribution in [3.05, 3.63) is 46.4 Å². The Balaban J connectivity index is 2.14. The molecule has 142 valence electrons. The van der Waals surface area contributed by atoms with Crippen LogP contribution in [0, 0.1) is 11.8 Å². The highest BCUT2D eigenvalue weighted by atomic mass is 16.5. The number of phenols is 1. The van der Waals surface area contributed by atoms with Crippen molar-refractivity contribution in [2.24, 2.45) is 11.8 Å². The van der Waals surface area contributed by atoms with E-state index in [4.69, 9.17) is 9.47 Å². The average molecular weight is 362 g/mol. The highest BCUT2D eigenvalue weighted by Gasteiger charge is 2.39. The molecule has 3 rings (SSSR count). The van der Waals surface area contributed by atoms with Crippen molar-refractivity contribution in [3.8, 4) is 11.5 Å². The molecule has 1 aromatic rings. The van der Waals surface area contributed by atoms with E-state index < -0.39 is 0 Å². The van der Waals surface area contributed by atoms with Crippen LogP contribution in [-0.4, -0.2) is 47.9 Å². The van der Waals surface area contributed by atoms with Crippen molar-refractivity contribution in [2.45, 2.75) is 25.2 Å². The summed E-state index contributed by atoms with van der Waals surface area (Å²) in [6.45, 7) is -0.104. The van der Waals surface area contributed by atoms with E-state index in [0.29, 0.717) is 30.8 Å². The predicted molar refractivity (Wildman–Crippen MR) is 96.2 cm³/mol. The van der Waals surface area contributed by atoms with Crippen LogP contribution in [-0.2, 0) is 11.2 Å². The van der Waals surface area contributed by atoms with Crippen molar-refractivity contribution >= 4 is 0 Å². The first kappa shape index (κ1) is 18.6. The molecular weight excluding hydrogens is 336 g/mol. The van der Waals surface area contributed by atoms with E-state index in [1.54, 1.807) is 6.07 Å². The first-order chi connectivity index (χ1) is 12.5. The Labute approximate surface area is 153 Å². The lowest BCUT2D eigenvalue weighted by molar-refractivity contribution is 0.0989. The lowest BCUT2D eigenvalue weighted by Crippen LogP contribution is -2.35.